The average Bonchev–Trinajstić information content (AvgIpc) is 2.43. The van der Waals surface area contributed by atoms with Gasteiger partial charge in [-0.2, -0.15) is 5.26 Å². The molecule has 1 rings (SSSR count). The van der Waals surface area contributed by atoms with E-state index in [-0.39, 0.29) is 12.5 Å². The van der Waals surface area contributed by atoms with E-state index in [1.807, 2.05) is 32.9 Å². The monoisotopic (exact) mass is 304 g/mol. The summed E-state index contributed by atoms with van der Waals surface area (Å²) < 4.78 is 5.29. The van der Waals surface area contributed by atoms with Crippen LogP contribution in [0.1, 0.15) is 32.9 Å². The summed E-state index contributed by atoms with van der Waals surface area (Å²) in [5.41, 5.74) is 1.13. The Bertz CT molecular complexity index is 532. The minimum Gasteiger partial charge on any atom is -0.444 e. The third-order valence-corrected chi connectivity index (χ3v) is 2.83. The van der Waals surface area contributed by atoms with Gasteiger partial charge in [0.25, 0.3) is 0 Å². The van der Waals surface area contributed by atoms with Gasteiger partial charge < -0.3 is 15.0 Å². The number of pyridine rings is 1. The fraction of sp³-hybridized carbons (Fsp3) is 0.562. The van der Waals surface area contributed by atoms with Gasteiger partial charge in [-0.3, -0.25) is 4.98 Å². The van der Waals surface area contributed by atoms with Crippen LogP contribution in [-0.4, -0.2) is 41.7 Å². The highest BCUT2D eigenvalue weighted by molar-refractivity contribution is 5.67. The van der Waals surface area contributed by atoms with Crippen molar-refractivity contribution in [2.24, 2.45) is 0 Å². The predicted molar refractivity (Wildman–Crippen MR) is 85.5 cm³/mol. The summed E-state index contributed by atoms with van der Waals surface area (Å²) in [6.07, 6.45) is 2.41. The molecule has 0 atom stereocenters. The molecular weight excluding hydrogens is 280 g/mol. The van der Waals surface area contributed by atoms with Crippen LogP contribution >= 0.6 is 0 Å². The molecule has 6 heteroatoms. The number of nitrogens with zero attached hydrogens (tertiary/aromatic N) is 3. The summed E-state index contributed by atoms with van der Waals surface area (Å²) in [5, 5.41) is 12.0. The van der Waals surface area contributed by atoms with Crippen molar-refractivity contribution in [1.82, 2.24) is 9.88 Å². The Hall–Kier alpha value is -2.29. The number of nitriles is 1. The van der Waals surface area contributed by atoms with E-state index >= 15 is 0 Å². The molecule has 1 heterocycles. The van der Waals surface area contributed by atoms with Gasteiger partial charge >= 0.3 is 6.09 Å². The van der Waals surface area contributed by atoms with Gasteiger partial charge in [0.15, 0.2) is 0 Å². The van der Waals surface area contributed by atoms with Crippen molar-refractivity contribution in [1.29, 1.82) is 5.26 Å². The largest absolute Gasteiger partial charge is 0.444 e. The van der Waals surface area contributed by atoms with E-state index in [1.54, 1.807) is 18.1 Å². The summed E-state index contributed by atoms with van der Waals surface area (Å²) in [7, 11) is 1.72. The van der Waals surface area contributed by atoms with Crippen molar-refractivity contribution >= 4 is 11.8 Å². The smallest absolute Gasteiger partial charge is 0.410 e. The van der Waals surface area contributed by atoms with Gasteiger partial charge in [0.05, 0.1) is 23.9 Å². The third kappa shape index (κ3) is 6.44. The molecule has 120 valence electrons. The Morgan fingerprint density at radius 3 is 2.86 bits per heavy atom. The summed E-state index contributed by atoms with van der Waals surface area (Å²) in [4.78, 5) is 17.5. The van der Waals surface area contributed by atoms with Crippen LogP contribution in [0.4, 0.5) is 10.5 Å². The number of ether oxygens (including phenoxy) is 1. The molecule has 6 nitrogen and oxygen atoms in total. The van der Waals surface area contributed by atoms with Crippen molar-refractivity contribution < 1.29 is 9.53 Å². The number of carbonyl (C=O) groups excluding carboxylic acids is 1. The van der Waals surface area contributed by atoms with Gasteiger partial charge in [-0.05, 0) is 39.3 Å². The van der Waals surface area contributed by atoms with Gasteiger partial charge in [-0.25, -0.2) is 4.79 Å². The molecule has 0 aliphatic carbocycles. The quantitative estimate of drug-likeness (QED) is 0.818. The van der Waals surface area contributed by atoms with Crippen LogP contribution in [0.15, 0.2) is 18.3 Å². The molecule has 0 bridgehead atoms. The lowest BCUT2D eigenvalue weighted by Crippen LogP contribution is -2.35. The molecule has 0 saturated carbocycles. The molecule has 0 fully saturated rings. The number of aromatic nitrogens is 1. The molecule has 0 aromatic carbocycles. The van der Waals surface area contributed by atoms with Gasteiger partial charge in [0, 0.05) is 26.3 Å². The van der Waals surface area contributed by atoms with Crippen LogP contribution in [0, 0.1) is 11.3 Å². The average molecular weight is 304 g/mol. The van der Waals surface area contributed by atoms with Crippen LogP contribution < -0.4 is 5.32 Å². The molecular formula is C16H24N4O2. The zero-order valence-electron chi connectivity index (χ0n) is 13.7. The molecule has 0 aliphatic heterocycles. The molecule has 1 amide bonds. The lowest BCUT2D eigenvalue weighted by atomic mass is 10.2. The van der Waals surface area contributed by atoms with E-state index in [4.69, 9.17) is 10.00 Å². The number of amides is 1. The summed E-state index contributed by atoms with van der Waals surface area (Å²) in [6, 6.07) is 5.83. The fourth-order valence-electron chi connectivity index (χ4n) is 1.79. The number of hydrogen-bond acceptors (Lipinski definition) is 5. The molecule has 0 saturated heterocycles. The highest BCUT2D eigenvalue weighted by atomic mass is 16.6. The summed E-state index contributed by atoms with van der Waals surface area (Å²) in [6.45, 7) is 6.82. The normalized spacial score (nSPS) is 10.7. The summed E-state index contributed by atoms with van der Waals surface area (Å²) in [5.74, 6) is 0. The van der Waals surface area contributed by atoms with Crippen LogP contribution in [0.3, 0.4) is 0 Å². The van der Waals surface area contributed by atoms with Crippen LogP contribution in [-0.2, 0) is 11.2 Å². The summed E-state index contributed by atoms with van der Waals surface area (Å²) >= 11 is 0. The second-order valence-electron chi connectivity index (χ2n) is 6.01. The van der Waals surface area contributed by atoms with Crippen molar-refractivity contribution in [3.8, 4) is 6.07 Å². The van der Waals surface area contributed by atoms with Crippen LogP contribution in [0.25, 0.3) is 0 Å². The first-order valence-corrected chi connectivity index (χ1v) is 7.32. The Morgan fingerprint density at radius 1 is 1.50 bits per heavy atom. The number of rotatable bonds is 6. The van der Waals surface area contributed by atoms with Crippen LogP contribution in [0.2, 0.25) is 0 Å². The van der Waals surface area contributed by atoms with Gasteiger partial charge in [0.1, 0.15) is 5.60 Å². The second-order valence-corrected chi connectivity index (χ2v) is 6.01. The Labute approximate surface area is 132 Å². The first-order chi connectivity index (χ1) is 10.3. The maximum atomic E-state index is 11.8. The zero-order chi connectivity index (χ0) is 16.6. The highest BCUT2D eigenvalue weighted by Crippen LogP contribution is 2.12. The molecule has 0 spiro atoms. The number of hydrogen-bond donors (Lipinski definition) is 1. The van der Waals surface area contributed by atoms with E-state index in [9.17, 15) is 4.79 Å². The van der Waals surface area contributed by atoms with E-state index in [1.165, 1.54) is 0 Å². The number of carbonyl (C=O) groups is 1. The van der Waals surface area contributed by atoms with Gasteiger partial charge in [0.2, 0.25) is 0 Å². The van der Waals surface area contributed by atoms with E-state index in [2.05, 4.69) is 16.4 Å². The fourth-order valence-corrected chi connectivity index (χ4v) is 1.79. The van der Waals surface area contributed by atoms with E-state index in [0.717, 1.165) is 17.8 Å². The number of anilines is 1. The van der Waals surface area contributed by atoms with E-state index < -0.39 is 5.60 Å². The first kappa shape index (κ1) is 17.8. The maximum Gasteiger partial charge on any atom is 0.410 e. The minimum absolute atomic E-state index is 0.279. The second kappa shape index (κ2) is 8.23. The van der Waals surface area contributed by atoms with Gasteiger partial charge in [-0.1, -0.05) is 0 Å². The van der Waals surface area contributed by atoms with Crippen molar-refractivity contribution in [3.05, 3.63) is 24.0 Å². The topological polar surface area (TPSA) is 78.3 Å². The lowest BCUT2D eigenvalue weighted by Gasteiger charge is -2.24. The Balaban J connectivity index is 2.37. The zero-order valence-corrected chi connectivity index (χ0v) is 13.7. The standard InChI is InChI=1S/C16H24N4O2/c1-16(2,3)22-15(21)20(4)12-6-11-19-13-7-5-10-18-14(13)8-9-17/h5,7,10,19H,6,8,11-12H2,1-4H3. The van der Waals surface area contributed by atoms with Crippen molar-refractivity contribution in [3.63, 3.8) is 0 Å². The lowest BCUT2D eigenvalue weighted by molar-refractivity contribution is 0.0298. The number of nitrogens with one attached hydrogen (secondary N) is 1. The Morgan fingerprint density at radius 2 is 2.23 bits per heavy atom. The first-order valence-electron chi connectivity index (χ1n) is 7.32. The molecule has 1 aromatic rings. The van der Waals surface area contributed by atoms with Crippen molar-refractivity contribution in [2.45, 2.75) is 39.2 Å². The van der Waals surface area contributed by atoms with Crippen LogP contribution in [0.5, 0.6) is 0 Å². The molecule has 0 radical (unpaired) electrons. The molecule has 0 unspecified atom stereocenters. The molecule has 0 aliphatic rings. The minimum atomic E-state index is -0.481. The van der Waals surface area contributed by atoms with E-state index in [0.29, 0.717) is 13.1 Å². The molecule has 1 N–H and O–H groups in total. The van der Waals surface area contributed by atoms with Gasteiger partial charge in [-0.15, -0.1) is 0 Å². The predicted octanol–water partition coefficient (Wildman–Crippen LogP) is 2.82. The SMILES string of the molecule is CN(CCCNc1cccnc1CC#N)C(=O)OC(C)(C)C. The Kier molecular flexibility index (Phi) is 6.64. The van der Waals surface area contributed by atoms with Crippen molar-refractivity contribution in [2.75, 3.05) is 25.5 Å². The highest BCUT2D eigenvalue weighted by Gasteiger charge is 2.19. The molecule has 1 aromatic heterocycles. The molecule has 22 heavy (non-hydrogen) atoms. The third-order valence-electron chi connectivity index (χ3n) is 2.83. The maximum absolute atomic E-state index is 11.8.